The van der Waals surface area contributed by atoms with Crippen molar-refractivity contribution in [3.63, 3.8) is 0 Å². The van der Waals surface area contributed by atoms with E-state index in [4.69, 9.17) is 30.1 Å². The maximum atomic E-state index is 11.9. The van der Waals surface area contributed by atoms with Crippen LogP contribution in [0, 0.1) is 0 Å². The van der Waals surface area contributed by atoms with Crippen molar-refractivity contribution in [3.05, 3.63) is 33.1 Å². The fraction of sp³-hybridized carbons (Fsp3) is 0.636. The van der Waals surface area contributed by atoms with E-state index in [-0.39, 0.29) is 6.61 Å². The summed E-state index contributed by atoms with van der Waals surface area (Å²) in [5.74, 6) is 0. The van der Waals surface area contributed by atoms with Crippen LogP contribution < -0.4 is 11.2 Å². The zero-order valence-corrected chi connectivity index (χ0v) is 13.5. The highest BCUT2D eigenvalue weighted by atomic mass is 32.5. The highest BCUT2D eigenvalue weighted by molar-refractivity contribution is 8.07. The number of aliphatic hydroxyl groups is 1. The lowest BCUT2D eigenvalue weighted by Crippen LogP contribution is -2.49. The van der Waals surface area contributed by atoms with E-state index in [1.165, 1.54) is 26.3 Å². The molecule has 2 N–H and O–H groups in total. The molecule has 0 amide bonds. The normalized spacial score (nSPS) is 41.3. The van der Waals surface area contributed by atoms with Gasteiger partial charge in [-0.15, -0.1) is 0 Å². The third-order valence-electron chi connectivity index (χ3n) is 3.68. The number of fused-ring (bicyclic) bond motifs is 1. The molecule has 11 heteroatoms. The Balaban J connectivity index is 1.98. The van der Waals surface area contributed by atoms with Crippen molar-refractivity contribution in [2.45, 2.75) is 31.0 Å². The first-order chi connectivity index (χ1) is 10.3. The molecular formula is C11H15N2O7PS. The van der Waals surface area contributed by atoms with Crippen LogP contribution in [0.5, 0.6) is 0 Å². The molecule has 2 aliphatic rings. The van der Waals surface area contributed by atoms with Gasteiger partial charge in [-0.1, -0.05) is 0 Å². The average Bonchev–Trinajstić information content (AvgIpc) is 2.71. The van der Waals surface area contributed by atoms with Gasteiger partial charge in [-0.3, -0.25) is 18.9 Å². The Kier molecular flexibility index (Phi) is 3.89. The van der Waals surface area contributed by atoms with Gasteiger partial charge in [0.2, 0.25) is 0 Å². The van der Waals surface area contributed by atoms with Gasteiger partial charge in [0.25, 0.3) is 5.56 Å². The van der Waals surface area contributed by atoms with Crippen molar-refractivity contribution < 1.29 is 23.4 Å². The van der Waals surface area contributed by atoms with Crippen LogP contribution in [0.2, 0.25) is 0 Å². The molecule has 0 aromatic carbocycles. The fourth-order valence-electron chi connectivity index (χ4n) is 2.58. The summed E-state index contributed by atoms with van der Waals surface area (Å²) in [4.78, 5) is 25.2. The van der Waals surface area contributed by atoms with Crippen molar-refractivity contribution in [2.24, 2.45) is 0 Å². The number of aromatic nitrogens is 2. The Bertz CT molecular complexity index is 744. The third-order valence-corrected chi connectivity index (χ3v) is 6.10. The minimum Gasteiger partial charge on any atom is -0.383 e. The van der Waals surface area contributed by atoms with E-state index >= 15 is 0 Å². The van der Waals surface area contributed by atoms with Crippen LogP contribution in [0.15, 0.2) is 21.9 Å². The van der Waals surface area contributed by atoms with Crippen LogP contribution in [0.1, 0.15) is 13.2 Å². The molecule has 22 heavy (non-hydrogen) atoms. The second-order valence-corrected chi connectivity index (χ2v) is 8.29. The van der Waals surface area contributed by atoms with Crippen molar-refractivity contribution in [1.29, 1.82) is 0 Å². The highest BCUT2D eigenvalue weighted by Gasteiger charge is 2.58. The predicted molar refractivity (Wildman–Crippen MR) is 78.0 cm³/mol. The molecule has 3 unspecified atom stereocenters. The van der Waals surface area contributed by atoms with Crippen LogP contribution >= 0.6 is 6.72 Å². The molecule has 1 aromatic heterocycles. The molecule has 9 nitrogen and oxygen atoms in total. The Labute approximate surface area is 130 Å². The van der Waals surface area contributed by atoms with E-state index in [1.54, 1.807) is 0 Å². The summed E-state index contributed by atoms with van der Waals surface area (Å²) in [6.45, 7) is -1.38. The summed E-state index contributed by atoms with van der Waals surface area (Å²) < 4.78 is 22.8. The number of hydrogen-bond acceptors (Lipinski definition) is 8. The molecule has 122 valence electrons. The zero-order valence-electron chi connectivity index (χ0n) is 11.8. The molecule has 0 spiro atoms. The molecule has 3 rings (SSSR count). The molecule has 2 saturated heterocycles. The SMILES string of the molecule is COP1(=S)OCC2OC(n3ccc(=O)[nH]c3=O)[C@](C)(O)[C@@H]2O1. The summed E-state index contributed by atoms with van der Waals surface area (Å²) in [6, 6.07) is 1.17. The lowest BCUT2D eigenvalue weighted by atomic mass is 9.96. The molecule has 2 aliphatic heterocycles. The lowest BCUT2D eigenvalue weighted by molar-refractivity contribution is -0.0928. The predicted octanol–water partition coefficient (Wildman–Crippen LogP) is -0.529. The van der Waals surface area contributed by atoms with E-state index in [0.717, 1.165) is 4.57 Å². The van der Waals surface area contributed by atoms with Crippen LogP contribution in [-0.2, 0) is 30.1 Å². The first kappa shape index (κ1) is 16.0. The summed E-state index contributed by atoms with van der Waals surface area (Å²) in [5, 5.41) is 10.8. The third kappa shape index (κ3) is 2.50. The van der Waals surface area contributed by atoms with Gasteiger partial charge in [0.05, 0.1) is 6.61 Å². The quantitative estimate of drug-likeness (QED) is 0.685. The summed E-state index contributed by atoms with van der Waals surface area (Å²) in [7, 11) is 1.37. The smallest absolute Gasteiger partial charge is 0.330 e. The number of nitrogens with one attached hydrogen (secondary N) is 1. The topological polar surface area (TPSA) is 112 Å². The molecule has 5 atom stereocenters. The Morgan fingerprint density at radius 3 is 2.95 bits per heavy atom. The second-order valence-electron chi connectivity index (χ2n) is 5.22. The van der Waals surface area contributed by atoms with Gasteiger partial charge in [-0.25, -0.2) is 4.79 Å². The van der Waals surface area contributed by atoms with Crippen LogP contribution in [0.4, 0.5) is 0 Å². The maximum absolute atomic E-state index is 11.9. The Hall–Kier alpha value is -0.870. The first-order valence-electron chi connectivity index (χ1n) is 6.45. The molecule has 1 aromatic rings. The minimum absolute atomic E-state index is 0.0839. The fourth-order valence-corrected chi connectivity index (χ4v) is 4.25. The largest absolute Gasteiger partial charge is 0.383 e. The maximum Gasteiger partial charge on any atom is 0.330 e. The highest BCUT2D eigenvalue weighted by Crippen LogP contribution is 2.58. The first-order valence-corrected chi connectivity index (χ1v) is 9.00. The number of nitrogens with zero attached hydrogens (tertiary/aromatic N) is 1. The number of hydrogen-bond donors (Lipinski definition) is 2. The number of aromatic amines is 1. The van der Waals surface area contributed by atoms with Crippen molar-refractivity contribution in [2.75, 3.05) is 13.7 Å². The molecule has 0 bridgehead atoms. The van der Waals surface area contributed by atoms with Gasteiger partial charge in [-0.2, -0.15) is 0 Å². The van der Waals surface area contributed by atoms with Gasteiger partial charge >= 0.3 is 12.4 Å². The van der Waals surface area contributed by atoms with Crippen LogP contribution in [0.3, 0.4) is 0 Å². The van der Waals surface area contributed by atoms with Crippen molar-refractivity contribution in [3.8, 4) is 0 Å². The van der Waals surface area contributed by atoms with Crippen molar-refractivity contribution in [1.82, 2.24) is 9.55 Å². The van der Waals surface area contributed by atoms with E-state index < -0.39 is 42.0 Å². The Morgan fingerprint density at radius 1 is 1.59 bits per heavy atom. The average molecular weight is 350 g/mol. The summed E-state index contributed by atoms with van der Waals surface area (Å²) >= 11 is 5.14. The van der Waals surface area contributed by atoms with Crippen LogP contribution in [0.25, 0.3) is 0 Å². The molecule has 0 saturated carbocycles. The monoisotopic (exact) mass is 350 g/mol. The van der Waals surface area contributed by atoms with E-state index in [2.05, 4.69) is 4.98 Å². The molecular weight excluding hydrogens is 335 g/mol. The molecule has 2 fully saturated rings. The lowest BCUT2D eigenvalue weighted by Gasteiger charge is -2.36. The van der Waals surface area contributed by atoms with Crippen molar-refractivity contribution >= 4 is 18.5 Å². The summed E-state index contributed by atoms with van der Waals surface area (Å²) in [6.07, 6.45) is -1.21. The minimum atomic E-state index is -2.93. The van der Waals surface area contributed by atoms with Crippen LogP contribution in [-0.4, -0.2) is 46.2 Å². The Morgan fingerprint density at radius 2 is 2.32 bits per heavy atom. The molecule has 0 radical (unpaired) electrons. The standard InChI is InChI=1S/C11H15N2O7PS/c1-11(16)8-6(5-18-21(22,17-2)20-8)19-9(11)13-4-3-7(14)12-10(13)15/h3-4,6,8-9,16H,5H2,1-2H3,(H,12,14,15)/t6?,8-,9?,11-,21?/m1/s1. The zero-order chi connectivity index (χ0) is 16.1. The van der Waals surface area contributed by atoms with Gasteiger partial charge in [-0.05, 0) is 18.7 Å². The second kappa shape index (κ2) is 5.34. The van der Waals surface area contributed by atoms with E-state index in [9.17, 15) is 14.7 Å². The number of rotatable bonds is 2. The van der Waals surface area contributed by atoms with E-state index in [0.29, 0.717) is 0 Å². The number of ether oxygens (including phenoxy) is 1. The molecule has 3 heterocycles. The van der Waals surface area contributed by atoms with Gasteiger partial charge < -0.3 is 18.9 Å². The van der Waals surface area contributed by atoms with Gasteiger partial charge in [0.15, 0.2) is 6.23 Å². The molecule has 0 aliphatic carbocycles. The number of H-pyrrole nitrogens is 1. The van der Waals surface area contributed by atoms with Gasteiger partial charge in [0, 0.05) is 19.4 Å². The van der Waals surface area contributed by atoms with E-state index in [1.807, 2.05) is 0 Å². The summed E-state index contributed by atoms with van der Waals surface area (Å²) in [5.41, 5.74) is -2.78. The van der Waals surface area contributed by atoms with Gasteiger partial charge in [0.1, 0.15) is 17.8 Å².